The van der Waals surface area contributed by atoms with E-state index in [0.29, 0.717) is 13.0 Å². The average molecular weight is 291 g/mol. The number of ether oxygens (including phenoxy) is 1. The number of carbonyl (C=O) groups excluding carboxylic acids is 1. The molecule has 2 aromatic rings. The van der Waals surface area contributed by atoms with E-state index < -0.39 is 5.82 Å². The Morgan fingerprint density at radius 2 is 1.90 bits per heavy atom. The highest BCUT2D eigenvalue weighted by molar-refractivity contribution is 5.77. The third-order valence-electron chi connectivity index (χ3n) is 2.82. The maximum absolute atomic E-state index is 13.3. The van der Waals surface area contributed by atoms with Crippen molar-refractivity contribution in [3.63, 3.8) is 0 Å². The largest absolute Gasteiger partial charge is 0.481 e. The number of carbonyl (C=O) groups is 1. The smallest absolute Gasteiger partial charge is 0.257 e. The third-order valence-corrected chi connectivity index (χ3v) is 2.82. The Bertz CT molecular complexity index is 617. The van der Waals surface area contributed by atoms with Gasteiger partial charge in [0, 0.05) is 6.54 Å². The van der Waals surface area contributed by atoms with E-state index in [2.05, 4.69) is 5.32 Å². The van der Waals surface area contributed by atoms with E-state index in [0.717, 1.165) is 5.56 Å². The molecule has 2 rings (SSSR count). The van der Waals surface area contributed by atoms with Crippen LogP contribution in [0.4, 0.5) is 8.78 Å². The van der Waals surface area contributed by atoms with Gasteiger partial charge in [0.15, 0.2) is 18.2 Å². The highest BCUT2D eigenvalue weighted by Gasteiger charge is 2.05. The minimum atomic E-state index is -0.509. The first kappa shape index (κ1) is 15.0. The van der Waals surface area contributed by atoms with Crippen LogP contribution < -0.4 is 10.1 Å². The Morgan fingerprint density at radius 1 is 1.10 bits per heavy atom. The van der Waals surface area contributed by atoms with Crippen LogP contribution in [0.15, 0.2) is 48.5 Å². The molecular weight excluding hydrogens is 276 g/mol. The Morgan fingerprint density at radius 3 is 2.67 bits per heavy atom. The fourth-order valence-corrected chi connectivity index (χ4v) is 1.79. The van der Waals surface area contributed by atoms with Crippen molar-refractivity contribution in [3.05, 3.63) is 65.7 Å². The summed E-state index contributed by atoms with van der Waals surface area (Å²) < 4.78 is 31.3. The summed E-state index contributed by atoms with van der Waals surface area (Å²) in [5, 5.41) is 2.63. The van der Waals surface area contributed by atoms with Crippen molar-refractivity contribution < 1.29 is 18.3 Å². The lowest BCUT2D eigenvalue weighted by Gasteiger charge is -2.08. The molecule has 0 fully saturated rings. The van der Waals surface area contributed by atoms with E-state index in [1.54, 1.807) is 24.3 Å². The lowest BCUT2D eigenvalue weighted by Crippen LogP contribution is -2.30. The molecule has 0 saturated heterocycles. The molecule has 0 atom stereocenters. The van der Waals surface area contributed by atoms with Gasteiger partial charge < -0.3 is 10.1 Å². The van der Waals surface area contributed by atoms with Gasteiger partial charge in [-0.3, -0.25) is 4.79 Å². The highest BCUT2D eigenvalue weighted by atomic mass is 19.1. The molecule has 1 amide bonds. The maximum atomic E-state index is 13.3. The Kier molecular flexibility index (Phi) is 5.26. The standard InChI is InChI=1S/C16H15F2NO2/c17-13-5-3-4-12(10-13)8-9-19-16(20)11-21-15-7-2-1-6-14(15)18/h1-7,10H,8-9,11H2,(H,19,20). The molecule has 2 aromatic carbocycles. The van der Waals surface area contributed by atoms with Crippen molar-refractivity contribution in [1.29, 1.82) is 0 Å². The van der Waals surface area contributed by atoms with Gasteiger partial charge in [0.2, 0.25) is 0 Å². The van der Waals surface area contributed by atoms with Crippen molar-refractivity contribution in [2.24, 2.45) is 0 Å². The van der Waals surface area contributed by atoms with Crippen LogP contribution in [-0.4, -0.2) is 19.1 Å². The van der Waals surface area contributed by atoms with Crippen LogP contribution in [0.1, 0.15) is 5.56 Å². The second-order valence-electron chi connectivity index (χ2n) is 4.45. The molecule has 5 heteroatoms. The van der Waals surface area contributed by atoms with Crippen molar-refractivity contribution >= 4 is 5.91 Å². The molecule has 0 saturated carbocycles. The maximum Gasteiger partial charge on any atom is 0.257 e. The van der Waals surface area contributed by atoms with Gasteiger partial charge in [0.05, 0.1) is 0 Å². The van der Waals surface area contributed by atoms with Crippen LogP contribution in [-0.2, 0) is 11.2 Å². The molecule has 0 bridgehead atoms. The number of para-hydroxylation sites is 1. The van der Waals surface area contributed by atoms with Gasteiger partial charge in [-0.1, -0.05) is 24.3 Å². The topological polar surface area (TPSA) is 38.3 Å². The first-order valence-corrected chi connectivity index (χ1v) is 6.53. The predicted molar refractivity (Wildman–Crippen MR) is 75.0 cm³/mol. The summed E-state index contributed by atoms with van der Waals surface area (Å²) in [5.74, 6) is -1.13. The monoisotopic (exact) mass is 291 g/mol. The van der Waals surface area contributed by atoms with Gasteiger partial charge in [-0.15, -0.1) is 0 Å². The van der Waals surface area contributed by atoms with Crippen molar-refractivity contribution in [2.45, 2.75) is 6.42 Å². The molecule has 0 spiro atoms. The average Bonchev–Trinajstić information content (AvgIpc) is 2.46. The predicted octanol–water partition coefficient (Wildman–Crippen LogP) is 2.70. The molecule has 0 aromatic heterocycles. The number of amides is 1. The van der Waals surface area contributed by atoms with E-state index in [-0.39, 0.29) is 24.1 Å². The molecule has 21 heavy (non-hydrogen) atoms. The van der Waals surface area contributed by atoms with Crippen LogP contribution >= 0.6 is 0 Å². The second-order valence-corrected chi connectivity index (χ2v) is 4.45. The van der Waals surface area contributed by atoms with E-state index in [1.165, 1.54) is 24.3 Å². The molecule has 0 aliphatic heterocycles. The van der Waals surface area contributed by atoms with Gasteiger partial charge in [-0.25, -0.2) is 8.78 Å². The number of benzene rings is 2. The molecule has 0 aliphatic carbocycles. The minimum absolute atomic E-state index is 0.0396. The van der Waals surface area contributed by atoms with Gasteiger partial charge in [0.1, 0.15) is 5.82 Å². The number of hydrogen-bond donors (Lipinski definition) is 1. The van der Waals surface area contributed by atoms with E-state index in [9.17, 15) is 13.6 Å². The van der Waals surface area contributed by atoms with E-state index in [4.69, 9.17) is 4.74 Å². The molecule has 1 N–H and O–H groups in total. The van der Waals surface area contributed by atoms with Gasteiger partial charge in [0.25, 0.3) is 5.91 Å². The Balaban J connectivity index is 1.72. The quantitative estimate of drug-likeness (QED) is 0.888. The summed E-state index contributed by atoms with van der Waals surface area (Å²) in [6, 6.07) is 12.1. The lowest BCUT2D eigenvalue weighted by molar-refractivity contribution is -0.123. The van der Waals surface area contributed by atoms with E-state index in [1.807, 2.05) is 0 Å². The Labute approximate surface area is 121 Å². The number of rotatable bonds is 6. The molecule has 0 radical (unpaired) electrons. The van der Waals surface area contributed by atoms with Gasteiger partial charge in [-0.05, 0) is 36.2 Å². The summed E-state index contributed by atoms with van der Waals surface area (Å²) in [7, 11) is 0. The van der Waals surface area contributed by atoms with Gasteiger partial charge in [-0.2, -0.15) is 0 Å². The van der Waals surface area contributed by atoms with Crippen LogP contribution in [0.25, 0.3) is 0 Å². The SMILES string of the molecule is O=C(COc1ccccc1F)NCCc1cccc(F)c1. The summed E-state index contributed by atoms with van der Waals surface area (Å²) in [6.45, 7) is 0.104. The van der Waals surface area contributed by atoms with Crippen LogP contribution in [0.3, 0.4) is 0 Å². The fourth-order valence-electron chi connectivity index (χ4n) is 1.79. The summed E-state index contributed by atoms with van der Waals surface area (Å²) in [4.78, 5) is 11.6. The second kappa shape index (κ2) is 7.38. The molecule has 0 unspecified atom stereocenters. The number of nitrogens with one attached hydrogen (secondary N) is 1. The fraction of sp³-hybridized carbons (Fsp3) is 0.188. The number of hydrogen-bond acceptors (Lipinski definition) is 2. The first-order valence-electron chi connectivity index (χ1n) is 6.53. The zero-order valence-corrected chi connectivity index (χ0v) is 11.3. The normalized spacial score (nSPS) is 10.2. The highest BCUT2D eigenvalue weighted by Crippen LogP contribution is 2.14. The summed E-state index contributed by atoms with van der Waals surface area (Å²) in [6.07, 6.45) is 0.517. The molecule has 0 heterocycles. The van der Waals surface area contributed by atoms with Crippen molar-refractivity contribution in [1.82, 2.24) is 5.32 Å². The zero-order valence-electron chi connectivity index (χ0n) is 11.3. The zero-order chi connectivity index (χ0) is 15.1. The van der Waals surface area contributed by atoms with Crippen molar-refractivity contribution in [2.75, 3.05) is 13.2 Å². The van der Waals surface area contributed by atoms with Crippen LogP contribution in [0, 0.1) is 11.6 Å². The third kappa shape index (κ3) is 4.87. The van der Waals surface area contributed by atoms with Crippen LogP contribution in [0.2, 0.25) is 0 Å². The molecule has 0 aliphatic rings. The van der Waals surface area contributed by atoms with Gasteiger partial charge >= 0.3 is 0 Å². The summed E-state index contributed by atoms with van der Waals surface area (Å²) in [5.41, 5.74) is 0.797. The van der Waals surface area contributed by atoms with Crippen molar-refractivity contribution in [3.8, 4) is 5.75 Å². The summed E-state index contributed by atoms with van der Waals surface area (Å²) >= 11 is 0. The lowest BCUT2D eigenvalue weighted by atomic mass is 10.1. The first-order chi connectivity index (χ1) is 10.1. The molecule has 3 nitrogen and oxygen atoms in total. The van der Waals surface area contributed by atoms with E-state index >= 15 is 0 Å². The minimum Gasteiger partial charge on any atom is -0.481 e. The van der Waals surface area contributed by atoms with Crippen LogP contribution in [0.5, 0.6) is 5.75 Å². The Hall–Kier alpha value is -2.43. The molecule has 110 valence electrons. The molecular formula is C16H15F2NO2. The number of halogens is 2.